The molecule has 3 heterocycles. The summed E-state index contributed by atoms with van der Waals surface area (Å²) in [5.41, 5.74) is 1.51. The minimum absolute atomic E-state index is 0.0203. The molecule has 3 aromatic carbocycles. The van der Waals surface area contributed by atoms with Crippen LogP contribution in [0, 0.1) is 17.6 Å². The van der Waals surface area contributed by atoms with Gasteiger partial charge in [-0.3, -0.25) is 0 Å². The third-order valence-corrected chi connectivity index (χ3v) is 8.77. The van der Waals surface area contributed by atoms with Crippen LogP contribution in [0.15, 0.2) is 90.5 Å². The Morgan fingerprint density at radius 1 is 1.02 bits per heavy atom. The van der Waals surface area contributed by atoms with E-state index < -0.39 is 23.3 Å². The zero-order valence-corrected chi connectivity index (χ0v) is 27.4. The lowest BCUT2D eigenvalue weighted by molar-refractivity contribution is -0.0206. The van der Waals surface area contributed by atoms with Gasteiger partial charge in [-0.05, 0) is 74.4 Å². The second-order valence-corrected chi connectivity index (χ2v) is 12.3. The molecule has 4 atom stereocenters. The molecular formula is C35H40F2N8O4. The van der Waals surface area contributed by atoms with E-state index in [0.717, 1.165) is 17.4 Å². The van der Waals surface area contributed by atoms with Crippen molar-refractivity contribution >= 4 is 11.4 Å². The standard InChI is InChI=1S/C35H40F2N8O4/c1-3-33(24(2)46)45-34(47)44(23-42-45)29-9-5-27(6-10-29)39-14-15-40-28-7-11-30(12-8-28)48-18-25-17-35(49-19-25,20-43-22-38-21-41-43)31-13-4-26(36)16-32(31)37/h4-13,16,21-25,33,39-40,46H,3,14-15,17-20H2,1-2H3/t24-,25+,33-,35-/m0/s1. The minimum atomic E-state index is -1.02. The van der Waals surface area contributed by atoms with Crippen molar-refractivity contribution < 1.29 is 23.4 Å². The molecule has 2 aromatic heterocycles. The molecule has 5 aromatic rings. The molecule has 0 saturated carbocycles. The third kappa shape index (κ3) is 7.81. The van der Waals surface area contributed by atoms with Gasteiger partial charge in [-0.25, -0.2) is 32.5 Å². The predicted molar refractivity (Wildman–Crippen MR) is 180 cm³/mol. The van der Waals surface area contributed by atoms with Crippen LogP contribution in [-0.2, 0) is 16.9 Å². The van der Waals surface area contributed by atoms with E-state index in [4.69, 9.17) is 9.47 Å². The number of hydrogen-bond acceptors (Lipinski definition) is 9. The molecule has 0 spiro atoms. The van der Waals surface area contributed by atoms with Crippen molar-refractivity contribution in [3.63, 3.8) is 0 Å². The topological polar surface area (TPSA) is 133 Å². The number of ether oxygens (including phenoxy) is 2. The number of aliphatic hydroxyl groups is 1. The van der Waals surface area contributed by atoms with E-state index in [0.29, 0.717) is 50.6 Å². The van der Waals surface area contributed by atoms with Crippen molar-refractivity contribution in [2.75, 3.05) is 36.9 Å². The molecular weight excluding hydrogens is 634 g/mol. The quantitative estimate of drug-likeness (QED) is 0.134. The number of anilines is 2. The Kier molecular flexibility index (Phi) is 10.3. The van der Waals surface area contributed by atoms with Crippen LogP contribution >= 0.6 is 0 Å². The zero-order chi connectivity index (χ0) is 34.4. The second kappa shape index (κ2) is 15.0. The van der Waals surface area contributed by atoms with Gasteiger partial charge in [-0.15, -0.1) is 0 Å². The van der Waals surface area contributed by atoms with E-state index in [1.54, 1.807) is 17.9 Å². The fraction of sp³-hybridized carbons (Fsp3) is 0.371. The summed E-state index contributed by atoms with van der Waals surface area (Å²) in [6, 6.07) is 18.3. The highest BCUT2D eigenvalue weighted by Gasteiger charge is 2.44. The Morgan fingerprint density at radius 3 is 2.37 bits per heavy atom. The first kappa shape index (κ1) is 33.8. The summed E-state index contributed by atoms with van der Waals surface area (Å²) >= 11 is 0. The van der Waals surface area contributed by atoms with Gasteiger partial charge < -0.3 is 25.2 Å². The van der Waals surface area contributed by atoms with Crippen LogP contribution < -0.4 is 21.1 Å². The van der Waals surface area contributed by atoms with Crippen LogP contribution in [0.5, 0.6) is 5.75 Å². The van der Waals surface area contributed by atoms with Crippen molar-refractivity contribution in [2.24, 2.45) is 5.92 Å². The highest BCUT2D eigenvalue weighted by molar-refractivity contribution is 5.50. The van der Waals surface area contributed by atoms with Crippen LogP contribution in [0.25, 0.3) is 5.69 Å². The number of aromatic nitrogens is 6. The van der Waals surface area contributed by atoms with Crippen LogP contribution in [-0.4, -0.2) is 66.6 Å². The van der Waals surface area contributed by atoms with Crippen LogP contribution in [0.1, 0.15) is 38.3 Å². The SMILES string of the molecule is CC[C@@H]([C@H](C)O)n1ncn(-c2ccc(NCCNc3ccc(OC[C@@H]4CO[C@@](Cn5cncn5)(c5ccc(F)cc5F)C4)cc3)cc2)c1=O. The molecule has 0 radical (unpaired) electrons. The molecule has 3 N–H and O–H groups in total. The van der Waals surface area contributed by atoms with E-state index in [1.165, 1.54) is 34.0 Å². The van der Waals surface area contributed by atoms with Crippen molar-refractivity contribution in [3.05, 3.63) is 113 Å². The Bertz CT molecular complexity index is 1860. The predicted octanol–water partition coefficient (Wildman–Crippen LogP) is 4.77. The fourth-order valence-electron chi connectivity index (χ4n) is 6.26. The smallest absolute Gasteiger partial charge is 0.350 e. The van der Waals surface area contributed by atoms with E-state index in [9.17, 15) is 18.7 Å². The monoisotopic (exact) mass is 674 g/mol. The molecule has 0 unspecified atom stereocenters. The number of aliphatic hydroxyl groups excluding tert-OH is 1. The molecule has 0 amide bonds. The minimum Gasteiger partial charge on any atom is -0.493 e. The molecule has 0 bridgehead atoms. The zero-order valence-electron chi connectivity index (χ0n) is 27.4. The molecule has 6 rings (SSSR count). The van der Waals surface area contributed by atoms with Gasteiger partial charge in [0.1, 0.15) is 42.0 Å². The lowest BCUT2D eigenvalue weighted by atomic mass is 9.87. The summed E-state index contributed by atoms with van der Waals surface area (Å²) in [6.07, 6.45) is 4.81. The first-order valence-electron chi connectivity index (χ1n) is 16.3. The van der Waals surface area contributed by atoms with Gasteiger partial charge in [0.2, 0.25) is 0 Å². The molecule has 258 valence electrons. The van der Waals surface area contributed by atoms with Gasteiger partial charge >= 0.3 is 5.69 Å². The van der Waals surface area contributed by atoms with Gasteiger partial charge in [0.15, 0.2) is 0 Å². The van der Waals surface area contributed by atoms with Gasteiger partial charge in [0.05, 0.1) is 37.6 Å². The van der Waals surface area contributed by atoms with Crippen molar-refractivity contribution in [1.82, 2.24) is 29.1 Å². The van der Waals surface area contributed by atoms with Gasteiger partial charge in [-0.1, -0.05) is 13.0 Å². The summed E-state index contributed by atoms with van der Waals surface area (Å²) in [7, 11) is 0. The average Bonchev–Trinajstić information content (AvgIpc) is 3.85. The van der Waals surface area contributed by atoms with Crippen molar-refractivity contribution in [1.29, 1.82) is 0 Å². The normalized spacial score (nSPS) is 18.7. The Labute approximate surface area is 282 Å². The number of benzene rings is 3. The first-order valence-corrected chi connectivity index (χ1v) is 16.3. The molecule has 1 aliphatic rings. The molecule has 1 saturated heterocycles. The number of rotatable bonds is 15. The van der Waals surface area contributed by atoms with Crippen LogP contribution in [0.2, 0.25) is 0 Å². The number of nitrogens with zero attached hydrogens (tertiary/aromatic N) is 6. The van der Waals surface area contributed by atoms with Crippen LogP contribution in [0.4, 0.5) is 20.2 Å². The lowest BCUT2D eigenvalue weighted by Crippen LogP contribution is -2.32. The number of hydrogen-bond donors (Lipinski definition) is 3. The van der Waals surface area contributed by atoms with E-state index in [1.807, 2.05) is 55.5 Å². The maximum absolute atomic E-state index is 14.9. The Hall–Kier alpha value is -5.08. The highest BCUT2D eigenvalue weighted by Crippen LogP contribution is 2.42. The summed E-state index contributed by atoms with van der Waals surface area (Å²) in [5, 5.41) is 25.1. The summed E-state index contributed by atoms with van der Waals surface area (Å²) in [5.74, 6) is -0.620. The Morgan fingerprint density at radius 2 is 1.73 bits per heavy atom. The van der Waals surface area contributed by atoms with Crippen molar-refractivity contribution in [2.45, 2.75) is 51.0 Å². The molecule has 1 fully saturated rings. The summed E-state index contributed by atoms with van der Waals surface area (Å²) < 4.78 is 45.2. The fourth-order valence-corrected chi connectivity index (χ4v) is 6.26. The van der Waals surface area contributed by atoms with Crippen LogP contribution in [0.3, 0.4) is 0 Å². The number of nitrogens with one attached hydrogen (secondary N) is 2. The van der Waals surface area contributed by atoms with Crippen molar-refractivity contribution in [3.8, 4) is 11.4 Å². The maximum Gasteiger partial charge on any atom is 0.350 e. The maximum atomic E-state index is 14.9. The average molecular weight is 675 g/mol. The Balaban J connectivity index is 0.965. The number of halogens is 2. The summed E-state index contributed by atoms with van der Waals surface area (Å²) in [6.45, 7) is 5.86. The van der Waals surface area contributed by atoms with E-state index in [-0.39, 0.29) is 29.8 Å². The van der Waals surface area contributed by atoms with E-state index >= 15 is 0 Å². The second-order valence-electron chi connectivity index (χ2n) is 12.3. The van der Waals surface area contributed by atoms with Gasteiger partial charge in [0.25, 0.3) is 0 Å². The molecule has 49 heavy (non-hydrogen) atoms. The highest BCUT2D eigenvalue weighted by atomic mass is 19.1. The molecule has 1 aliphatic heterocycles. The lowest BCUT2D eigenvalue weighted by Gasteiger charge is -2.29. The molecule has 12 nitrogen and oxygen atoms in total. The molecule has 14 heteroatoms. The largest absolute Gasteiger partial charge is 0.493 e. The van der Waals surface area contributed by atoms with Gasteiger partial charge in [0, 0.05) is 42.0 Å². The summed E-state index contributed by atoms with van der Waals surface area (Å²) in [4.78, 5) is 16.8. The first-order chi connectivity index (χ1) is 23.7. The van der Waals surface area contributed by atoms with Gasteiger partial charge in [-0.2, -0.15) is 10.2 Å². The van der Waals surface area contributed by atoms with E-state index in [2.05, 4.69) is 25.8 Å². The third-order valence-electron chi connectivity index (χ3n) is 8.77. The molecule has 0 aliphatic carbocycles.